The van der Waals surface area contributed by atoms with Crippen molar-refractivity contribution < 1.29 is 67.1 Å². The number of hydrogen-bond donors (Lipinski definition) is 12. The number of hydrogen-bond acceptors (Lipinski definition) is 16. The summed E-state index contributed by atoms with van der Waals surface area (Å²) in [5.41, 5.74) is 23.6. The molecule has 2 saturated heterocycles. The van der Waals surface area contributed by atoms with Crippen molar-refractivity contribution in [2.24, 2.45) is 22.9 Å². The number of aliphatic hydroxyl groups excluding tert-OH is 6. The van der Waals surface area contributed by atoms with E-state index in [1.165, 1.54) is 0 Å². The predicted octanol–water partition coefficient (Wildman–Crippen LogP) is -7.31. The van der Waals surface area contributed by atoms with Crippen molar-refractivity contribution in [3.05, 3.63) is 0 Å². The first-order valence-electron chi connectivity index (χ1n) is 10.9. The highest BCUT2D eigenvalue weighted by atomic mass is 32.3. The Labute approximate surface area is 206 Å². The van der Waals surface area contributed by atoms with Crippen molar-refractivity contribution in [2.45, 2.75) is 92.1 Å². The van der Waals surface area contributed by atoms with Crippen LogP contribution >= 0.6 is 0 Å². The molecule has 0 spiro atoms. The Balaban J connectivity index is 0.000000830. The Morgan fingerprint density at radius 2 is 1.25 bits per heavy atom. The fourth-order valence-electron chi connectivity index (χ4n) is 4.16. The molecule has 3 fully saturated rings. The monoisotopic (exact) mass is 552 g/mol. The molecule has 18 nitrogen and oxygen atoms in total. The van der Waals surface area contributed by atoms with Gasteiger partial charge in [0.15, 0.2) is 12.6 Å². The zero-order valence-electron chi connectivity index (χ0n) is 18.9. The van der Waals surface area contributed by atoms with Crippen molar-refractivity contribution in [2.75, 3.05) is 13.2 Å². The summed E-state index contributed by atoms with van der Waals surface area (Å²) in [6.07, 6.45) is -13.8. The quantitative estimate of drug-likeness (QED) is 0.136. The summed E-state index contributed by atoms with van der Waals surface area (Å²) in [5.74, 6) is 0. The van der Waals surface area contributed by atoms with E-state index in [0.717, 1.165) is 0 Å². The van der Waals surface area contributed by atoms with Crippen LogP contribution in [0, 0.1) is 0 Å². The molecular formula is C17H36N4O14S. The van der Waals surface area contributed by atoms with E-state index >= 15 is 0 Å². The lowest BCUT2D eigenvalue weighted by molar-refractivity contribution is -0.306. The van der Waals surface area contributed by atoms with E-state index in [9.17, 15) is 30.6 Å². The topological polar surface area (TPSA) is 337 Å². The summed E-state index contributed by atoms with van der Waals surface area (Å²) in [6, 6.07) is -2.72. The molecule has 0 amide bonds. The Morgan fingerprint density at radius 1 is 0.750 bits per heavy atom. The van der Waals surface area contributed by atoms with E-state index in [1.54, 1.807) is 0 Å². The SMILES string of the molecule is NC[C@H]1O[C@H](O[C@H]2[C@H](O[C@@H]3O[C@H](CO)[C@@H](O)[C@H]3O)[C@@H](O)[C@H](N)C[C@@H]2N)[C@H](N)[C@@H](O)[C@@H]1O.O=S(=O)(O)O. The number of rotatable bonds is 6. The standard InChI is InChI=1S/C17H34N4O10.H2O4S/c18-2-6-10(24)12(26)8(21)16(28-6)30-14-5(20)1-4(19)9(23)15(14)31-17-13(27)11(25)7(3-22)29-17;1-5(2,3)4/h4-17,22-27H,1-3,18-21H2;(H2,1,2,3,4)/t4-,5+,6-,7-,8-,9+,10-,11-,12-,13-,14-,15-,16-,17+;/m1./s1. The normalized spacial score (nSPS) is 47.8. The third kappa shape index (κ3) is 7.68. The first kappa shape index (κ1) is 31.5. The van der Waals surface area contributed by atoms with Crippen LogP contribution in [0.2, 0.25) is 0 Å². The summed E-state index contributed by atoms with van der Waals surface area (Å²) in [6.45, 7) is -0.673. The van der Waals surface area contributed by atoms with Gasteiger partial charge < -0.3 is 72.5 Å². The van der Waals surface area contributed by atoms with E-state index < -0.39 is 103 Å². The van der Waals surface area contributed by atoms with Gasteiger partial charge >= 0.3 is 10.4 Å². The van der Waals surface area contributed by atoms with Crippen molar-refractivity contribution in [1.82, 2.24) is 0 Å². The minimum absolute atomic E-state index is 0.114. The molecule has 1 saturated carbocycles. The molecule has 0 aromatic rings. The zero-order chi connectivity index (χ0) is 27.5. The minimum atomic E-state index is -4.67. The van der Waals surface area contributed by atoms with Gasteiger partial charge in [0.2, 0.25) is 0 Å². The van der Waals surface area contributed by atoms with Gasteiger partial charge in [-0.3, -0.25) is 9.11 Å². The lowest BCUT2D eigenvalue weighted by Crippen LogP contribution is -2.68. The van der Waals surface area contributed by atoms with Crippen molar-refractivity contribution >= 4 is 10.4 Å². The summed E-state index contributed by atoms with van der Waals surface area (Å²) in [4.78, 5) is 0. The van der Waals surface area contributed by atoms with Gasteiger partial charge in [-0.2, -0.15) is 8.42 Å². The van der Waals surface area contributed by atoms with Crippen LogP contribution in [-0.2, 0) is 29.3 Å². The van der Waals surface area contributed by atoms with Crippen LogP contribution in [0.4, 0.5) is 0 Å². The summed E-state index contributed by atoms with van der Waals surface area (Å²) in [5, 5.41) is 60.2. The number of nitrogens with two attached hydrogens (primary N) is 4. The van der Waals surface area contributed by atoms with Gasteiger partial charge in [-0.15, -0.1) is 0 Å². The fourth-order valence-corrected chi connectivity index (χ4v) is 4.16. The maximum atomic E-state index is 10.6. The van der Waals surface area contributed by atoms with E-state index in [4.69, 9.17) is 59.4 Å². The van der Waals surface area contributed by atoms with Crippen LogP contribution in [0.3, 0.4) is 0 Å². The number of ether oxygens (including phenoxy) is 4. The molecule has 16 N–H and O–H groups in total. The van der Waals surface area contributed by atoms with Crippen LogP contribution in [0.1, 0.15) is 6.42 Å². The third-order valence-corrected chi connectivity index (χ3v) is 6.13. The molecule has 0 aromatic carbocycles. The van der Waals surface area contributed by atoms with E-state index in [1.807, 2.05) is 0 Å². The Bertz CT molecular complexity index is 787. The lowest BCUT2D eigenvalue weighted by atomic mass is 9.84. The van der Waals surface area contributed by atoms with Gasteiger partial charge in [0.1, 0.15) is 48.8 Å². The zero-order valence-corrected chi connectivity index (χ0v) is 19.8. The molecule has 2 aliphatic heterocycles. The average Bonchev–Trinajstić information content (AvgIpc) is 3.06. The van der Waals surface area contributed by atoms with Crippen LogP contribution in [0.5, 0.6) is 0 Å². The van der Waals surface area contributed by atoms with Gasteiger partial charge in [-0.25, -0.2) is 0 Å². The molecule has 14 atom stereocenters. The second kappa shape index (κ2) is 12.9. The molecule has 3 rings (SSSR count). The Hall–Kier alpha value is -0.690. The Kier molecular flexibility index (Phi) is 11.3. The van der Waals surface area contributed by atoms with Gasteiger partial charge in [-0.1, -0.05) is 0 Å². The van der Waals surface area contributed by atoms with Crippen LogP contribution < -0.4 is 22.9 Å². The molecule has 0 bridgehead atoms. The second-order valence-corrected chi connectivity index (χ2v) is 9.64. The molecule has 214 valence electrons. The van der Waals surface area contributed by atoms with Gasteiger partial charge in [-0.05, 0) is 6.42 Å². The summed E-state index contributed by atoms with van der Waals surface area (Å²) in [7, 11) is -4.67. The molecule has 36 heavy (non-hydrogen) atoms. The highest BCUT2D eigenvalue weighted by molar-refractivity contribution is 7.79. The Morgan fingerprint density at radius 3 is 1.75 bits per heavy atom. The summed E-state index contributed by atoms with van der Waals surface area (Å²) >= 11 is 0. The van der Waals surface area contributed by atoms with Crippen molar-refractivity contribution in [3.8, 4) is 0 Å². The lowest BCUT2D eigenvalue weighted by Gasteiger charge is -2.47. The van der Waals surface area contributed by atoms with E-state index in [0.29, 0.717) is 0 Å². The smallest absolute Gasteiger partial charge is 0.394 e. The van der Waals surface area contributed by atoms with Gasteiger partial charge in [0.05, 0.1) is 18.8 Å². The molecule has 2 heterocycles. The molecular weight excluding hydrogens is 516 g/mol. The molecule has 0 aromatic heterocycles. The van der Waals surface area contributed by atoms with Crippen molar-refractivity contribution in [3.63, 3.8) is 0 Å². The van der Waals surface area contributed by atoms with Gasteiger partial charge in [0.25, 0.3) is 0 Å². The minimum Gasteiger partial charge on any atom is -0.394 e. The predicted molar refractivity (Wildman–Crippen MR) is 116 cm³/mol. The van der Waals surface area contributed by atoms with E-state index in [2.05, 4.69) is 0 Å². The van der Waals surface area contributed by atoms with Crippen LogP contribution in [-0.4, -0.2) is 147 Å². The fraction of sp³-hybridized carbons (Fsp3) is 1.00. The molecule has 3 aliphatic rings. The maximum absolute atomic E-state index is 10.6. The first-order chi connectivity index (χ1) is 16.6. The molecule has 1 aliphatic carbocycles. The van der Waals surface area contributed by atoms with Gasteiger partial charge in [0, 0.05) is 18.6 Å². The van der Waals surface area contributed by atoms with Crippen molar-refractivity contribution in [1.29, 1.82) is 0 Å². The highest BCUT2D eigenvalue weighted by Crippen LogP contribution is 2.31. The maximum Gasteiger partial charge on any atom is 0.394 e. The highest BCUT2D eigenvalue weighted by Gasteiger charge is 2.52. The van der Waals surface area contributed by atoms with Crippen LogP contribution in [0.25, 0.3) is 0 Å². The molecule has 19 heteroatoms. The largest absolute Gasteiger partial charge is 0.394 e. The molecule has 0 unspecified atom stereocenters. The number of aliphatic hydroxyl groups is 6. The molecule has 0 radical (unpaired) electrons. The first-order valence-corrected chi connectivity index (χ1v) is 12.3. The second-order valence-electron chi connectivity index (χ2n) is 8.75. The van der Waals surface area contributed by atoms with Crippen LogP contribution in [0.15, 0.2) is 0 Å². The summed E-state index contributed by atoms with van der Waals surface area (Å²) < 4.78 is 54.0. The van der Waals surface area contributed by atoms with E-state index in [-0.39, 0.29) is 13.0 Å². The average molecular weight is 553 g/mol. The third-order valence-electron chi connectivity index (χ3n) is 6.13.